The Labute approximate surface area is 169 Å². The standard InChI is InChI=1S/C18H21N3O5S.ClH/c1-26-15-7-8-18(17(9-15)21(22)23)27(24,25)20-11-14(10-19)16(12-20)13-5-3-2-4-6-13;/h2-9,14,16H,10-12,19H2,1H3;1H/t14-,16+;/m1./s1. The number of hydrogen-bond donors (Lipinski definition) is 1. The van der Waals surface area contributed by atoms with Crippen LogP contribution in [0.2, 0.25) is 0 Å². The van der Waals surface area contributed by atoms with Crippen LogP contribution in [0.25, 0.3) is 0 Å². The predicted molar refractivity (Wildman–Crippen MR) is 107 cm³/mol. The Kier molecular flexibility index (Phi) is 7.00. The van der Waals surface area contributed by atoms with Crippen molar-refractivity contribution < 1.29 is 18.1 Å². The Balaban J connectivity index is 0.00000280. The van der Waals surface area contributed by atoms with E-state index in [1.54, 1.807) is 0 Å². The first kappa shape index (κ1) is 22.1. The van der Waals surface area contributed by atoms with Crippen molar-refractivity contribution in [3.05, 3.63) is 64.2 Å². The van der Waals surface area contributed by atoms with Crippen LogP contribution in [-0.2, 0) is 10.0 Å². The van der Waals surface area contributed by atoms with E-state index in [9.17, 15) is 18.5 Å². The van der Waals surface area contributed by atoms with E-state index < -0.39 is 20.6 Å². The van der Waals surface area contributed by atoms with Gasteiger partial charge in [0.1, 0.15) is 5.75 Å². The van der Waals surface area contributed by atoms with E-state index in [1.807, 2.05) is 30.3 Å². The van der Waals surface area contributed by atoms with E-state index in [-0.39, 0.29) is 48.0 Å². The molecule has 1 saturated heterocycles. The van der Waals surface area contributed by atoms with Gasteiger partial charge in [-0.05, 0) is 30.2 Å². The van der Waals surface area contributed by atoms with Gasteiger partial charge in [0.2, 0.25) is 10.0 Å². The molecular weight excluding hydrogens is 406 g/mol. The van der Waals surface area contributed by atoms with Gasteiger partial charge >= 0.3 is 0 Å². The summed E-state index contributed by atoms with van der Waals surface area (Å²) in [6.45, 7) is 0.787. The number of nitro groups is 1. The van der Waals surface area contributed by atoms with Crippen LogP contribution in [0, 0.1) is 16.0 Å². The summed E-state index contributed by atoms with van der Waals surface area (Å²) in [6, 6.07) is 13.3. The van der Waals surface area contributed by atoms with Crippen LogP contribution in [0.4, 0.5) is 5.69 Å². The molecule has 1 aliphatic heterocycles. The minimum Gasteiger partial charge on any atom is -0.497 e. The number of ether oxygens (including phenoxy) is 1. The Bertz CT molecular complexity index is 939. The van der Waals surface area contributed by atoms with Crippen LogP contribution in [0.15, 0.2) is 53.4 Å². The minimum atomic E-state index is -4.04. The zero-order chi connectivity index (χ0) is 19.6. The lowest BCUT2D eigenvalue weighted by Gasteiger charge is -2.17. The fourth-order valence-corrected chi connectivity index (χ4v) is 5.13. The molecule has 1 heterocycles. The van der Waals surface area contributed by atoms with Crippen molar-refractivity contribution in [1.29, 1.82) is 0 Å². The lowest BCUT2D eigenvalue weighted by molar-refractivity contribution is -0.387. The van der Waals surface area contributed by atoms with Crippen LogP contribution in [-0.4, -0.2) is 44.4 Å². The number of methoxy groups -OCH3 is 1. The van der Waals surface area contributed by atoms with Crippen molar-refractivity contribution in [2.24, 2.45) is 11.7 Å². The number of hydrogen-bond acceptors (Lipinski definition) is 6. The molecule has 0 spiro atoms. The number of rotatable bonds is 6. The summed E-state index contributed by atoms with van der Waals surface area (Å²) >= 11 is 0. The second kappa shape index (κ2) is 8.87. The van der Waals surface area contributed by atoms with Crippen LogP contribution in [0.1, 0.15) is 11.5 Å². The highest BCUT2D eigenvalue weighted by molar-refractivity contribution is 7.89. The van der Waals surface area contributed by atoms with Gasteiger partial charge in [-0.1, -0.05) is 30.3 Å². The van der Waals surface area contributed by atoms with Crippen molar-refractivity contribution in [3.63, 3.8) is 0 Å². The van der Waals surface area contributed by atoms with Gasteiger partial charge in [-0.3, -0.25) is 10.1 Å². The van der Waals surface area contributed by atoms with Crippen LogP contribution >= 0.6 is 12.4 Å². The third-order valence-corrected chi connectivity index (χ3v) is 6.80. The van der Waals surface area contributed by atoms with E-state index in [1.165, 1.54) is 23.5 Å². The van der Waals surface area contributed by atoms with Crippen molar-refractivity contribution in [2.45, 2.75) is 10.8 Å². The van der Waals surface area contributed by atoms with E-state index >= 15 is 0 Å². The molecule has 2 aromatic carbocycles. The molecule has 0 aliphatic carbocycles. The number of halogens is 1. The summed E-state index contributed by atoms with van der Waals surface area (Å²) in [5.41, 5.74) is 6.39. The average molecular weight is 428 g/mol. The smallest absolute Gasteiger partial charge is 0.293 e. The topological polar surface area (TPSA) is 116 Å². The Morgan fingerprint density at radius 1 is 1.21 bits per heavy atom. The van der Waals surface area contributed by atoms with Crippen LogP contribution in [0.5, 0.6) is 5.75 Å². The van der Waals surface area contributed by atoms with Gasteiger partial charge < -0.3 is 10.5 Å². The molecule has 0 radical (unpaired) electrons. The molecule has 2 atom stereocenters. The number of sulfonamides is 1. The maximum Gasteiger partial charge on any atom is 0.293 e. The molecular formula is C18H22ClN3O5S. The fourth-order valence-electron chi connectivity index (χ4n) is 3.47. The van der Waals surface area contributed by atoms with Gasteiger partial charge in [-0.2, -0.15) is 4.31 Å². The zero-order valence-electron chi connectivity index (χ0n) is 15.2. The Morgan fingerprint density at radius 2 is 1.89 bits per heavy atom. The average Bonchev–Trinajstić information content (AvgIpc) is 3.13. The molecule has 0 bridgehead atoms. The summed E-state index contributed by atoms with van der Waals surface area (Å²) < 4.78 is 32.5. The normalized spacial score (nSPS) is 19.8. The van der Waals surface area contributed by atoms with Gasteiger partial charge in [0, 0.05) is 19.0 Å². The molecule has 2 N–H and O–H groups in total. The van der Waals surface area contributed by atoms with Gasteiger partial charge in [0.25, 0.3) is 5.69 Å². The van der Waals surface area contributed by atoms with Crippen molar-refractivity contribution in [3.8, 4) is 5.75 Å². The summed E-state index contributed by atoms with van der Waals surface area (Å²) in [5, 5.41) is 11.4. The second-order valence-electron chi connectivity index (χ2n) is 6.43. The number of nitro benzene ring substituents is 1. The highest BCUT2D eigenvalue weighted by atomic mass is 35.5. The van der Waals surface area contributed by atoms with E-state index in [0.29, 0.717) is 6.54 Å². The molecule has 1 aliphatic rings. The van der Waals surface area contributed by atoms with Crippen molar-refractivity contribution >= 4 is 28.1 Å². The lowest BCUT2D eigenvalue weighted by Crippen LogP contribution is -2.30. The first-order valence-electron chi connectivity index (χ1n) is 8.46. The maximum absolute atomic E-state index is 13.1. The number of benzene rings is 2. The molecule has 8 nitrogen and oxygen atoms in total. The molecule has 0 aromatic heterocycles. The van der Waals surface area contributed by atoms with Gasteiger partial charge in [-0.25, -0.2) is 8.42 Å². The van der Waals surface area contributed by atoms with Crippen molar-refractivity contribution in [1.82, 2.24) is 4.31 Å². The van der Waals surface area contributed by atoms with Crippen molar-refractivity contribution in [2.75, 3.05) is 26.7 Å². The molecule has 0 saturated carbocycles. The molecule has 2 aromatic rings. The first-order valence-corrected chi connectivity index (χ1v) is 9.90. The third kappa shape index (κ3) is 4.12. The summed E-state index contributed by atoms with van der Waals surface area (Å²) in [7, 11) is -2.68. The number of nitrogens with two attached hydrogens (primary N) is 1. The number of nitrogens with zero attached hydrogens (tertiary/aromatic N) is 2. The van der Waals surface area contributed by atoms with E-state index in [2.05, 4.69) is 0 Å². The zero-order valence-corrected chi connectivity index (χ0v) is 16.9. The molecule has 28 heavy (non-hydrogen) atoms. The molecule has 0 unspecified atom stereocenters. The van der Waals surface area contributed by atoms with E-state index in [0.717, 1.165) is 11.6 Å². The highest BCUT2D eigenvalue weighted by Crippen LogP contribution is 2.37. The predicted octanol–water partition coefficient (Wildman–Crippen LogP) is 2.39. The monoisotopic (exact) mass is 427 g/mol. The largest absolute Gasteiger partial charge is 0.497 e. The second-order valence-corrected chi connectivity index (χ2v) is 8.33. The molecule has 3 rings (SSSR count). The lowest BCUT2D eigenvalue weighted by atomic mass is 9.89. The Hall–Kier alpha value is -2.20. The van der Waals surface area contributed by atoms with Crippen LogP contribution < -0.4 is 10.5 Å². The van der Waals surface area contributed by atoms with Crippen LogP contribution in [0.3, 0.4) is 0 Å². The van der Waals surface area contributed by atoms with Gasteiger partial charge in [0.15, 0.2) is 4.90 Å². The summed E-state index contributed by atoms with van der Waals surface area (Å²) in [6.07, 6.45) is 0. The summed E-state index contributed by atoms with van der Waals surface area (Å²) in [5.74, 6) is 0.117. The summed E-state index contributed by atoms with van der Waals surface area (Å²) in [4.78, 5) is 10.4. The molecule has 152 valence electrons. The van der Waals surface area contributed by atoms with Gasteiger partial charge in [-0.15, -0.1) is 12.4 Å². The third-order valence-electron chi connectivity index (χ3n) is 4.92. The molecule has 0 amide bonds. The van der Waals surface area contributed by atoms with E-state index in [4.69, 9.17) is 10.5 Å². The minimum absolute atomic E-state index is 0. The quantitative estimate of drug-likeness (QED) is 0.559. The Morgan fingerprint density at radius 3 is 2.46 bits per heavy atom. The maximum atomic E-state index is 13.1. The SMILES string of the molecule is COc1ccc(S(=O)(=O)N2C[C@@H](CN)[C@H](c3ccccc3)C2)c([N+](=O)[O-])c1.Cl. The molecule has 10 heteroatoms. The first-order chi connectivity index (χ1) is 12.9. The highest BCUT2D eigenvalue weighted by Gasteiger charge is 2.41. The van der Waals surface area contributed by atoms with Gasteiger partial charge in [0.05, 0.1) is 18.1 Å². The fraction of sp³-hybridized carbons (Fsp3) is 0.333. The molecule has 1 fully saturated rings.